The molecule has 0 radical (unpaired) electrons. The molecular formula is C18H22N2O2S. The fourth-order valence-electron chi connectivity index (χ4n) is 3.02. The highest BCUT2D eigenvalue weighted by Crippen LogP contribution is 2.29. The lowest BCUT2D eigenvalue weighted by molar-refractivity contribution is 0.0707. The molecule has 0 saturated carbocycles. The van der Waals surface area contributed by atoms with Gasteiger partial charge in [-0.05, 0) is 37.5 Å². The van der Waals surface area contributed by atoms with E-state index in [1.54, 1.807) is 18.4 Å². The molecule has 1 aromatic carbocycles. The van der Waals surface area contributed by atoms with Crippen LogP contribution in [0.3, 0.4) is 0 Å². The van der Waals surface area contributed by atoms with Crippen LogP contribution in [0.4, 0.5) is 0 Å². The maximum Gasteiger partial charge on any atom is 0.253 e. The second-order valence-corrected chi connectivity index (χ2v) is 6.94. The van der Waals surface area contributed by atoms with Crippen LogP contribution in [0.2, 0.25) is 0 Å². The van der Waals surface area contributed by atoms with Crippen LogP contribution in [0.1, 0.15) is 45.4 Å². The lowest BCUT2D eigenvalue weighted by Gasteiger charge is -2.32. The summed E-state index contributed by atoms with van der Waals surface area (Å²) in [4.78, 5) is 19.3. The van der Waals surface area contributed by atoms with E-state index in [-0.39, 0.29) is 5.91 Å². The molecule has 2 heterocycles. The van der Waals surface area contributed by atoms with E-state index in [9.17, 15) is 4.79 Å². The first kappa shape index (κ1) is 16.1. The van der Waals surface area contributed by atoms with E-state index >= 15 is 0 Å². The lowest BCUT2D eigenvalue weighted by Crippen LogP contribution is -2.39. The molecule has 1 atom stereocenters. The van der Waals surface area contributed by atoms with E-state index in [0.717, 1.165) is 47.8 Å². The van der Waals surface area contributed by atoms with E-state index < -0.39 is 0 Å². The standard InChI is InChI=1S/C18H22N2O2S/c1-13-12-23-17(19-13)16-4-3-9-20(10-16)18(21)15-7-5-14(6-8-15)11-22-2/h5-8,12,16H,3-4,9-11H2,1-2H3/t16-/m1/s1. The quantitative estimate of drug-likeness (QED) is 0.860. The number of methoxy groups -OCH3 is 1. The molecule has 3 rings (SSSR count). The first-order valence-electron chi connectivity index (χ1n) is 7.96. The monoisotopic (exact) mass is 330 g/mol. The van der Waals surface area contributed by atoms with Crippen molar-refractivity contribution in [2.75, 3.05) is 20.2 Å². The fourth-order valence-corrected chi connectivity index (χ4v) is 3.94. The minimum absolute atomic E-state index is 0.118. The highest BCUT2D eigenvalue weighted by atomic mass is 32.1. The van der Waals surface area contributed by atoms with Gasteiger partial charge in [0.1, 0.15) is 0 Å². The first-order chi connectivity index (χ1) is 11.2. The molecule has 0 unspecified atom stereocenters. The summed E-state index contributed by atoms with van der Waals surface area (Å²) in [6.45, 7) is 4.20. The number of nitrogens with zero attached hydrogens (tertiary/aromatic N) is 2. The Morgan fingerprint density at radius 2 is 2.17 bits per heavy atom. The molecule has 1 aliphatic heterocycles. The normalized spacial score (nSPS) is 18.2. The van der Waals surface area contributed by atoms with Gasteiger partial charge in [-0.1, -0.05) is 12.1 Å². The molecule has 1 aromatic heterocycles. The Labute approximate surface area is 141 Å². The zero-order valence-electron chi connectivity index (χ0n) is 13.6. The van der Waals surface area contributed by atoms with Crippen LogP contribution in [0, 0.1) is 6.92 Å². The molecule has 0 aliphatic carbocycles. The van der Waals surface area contributed by atoms with Gasteiger partial charge in [-0.15, -0.1) is 11.3 Å². The van der Waals surface area contributed by atoms with Gasteiger partial charge < -0.3 is 9.64 Å². The summed E-state index contributed by atoms with van der Waals surface area (Å²) in [6.07, 6.45) is 2.15. The van der Waals surface area contributed by atoms with Gasteiger partial charge in [-0.2, -0.15) is 0 Å². The number of carbonyl (C=O) groups is 1. The van der Waals surface area contributed by atoms with Gasteiger partial charge in [-0.3, -0.25) is 4.79 Å². The predicted octanol–water partition coefficient (Wildman–Crippen LogP) is 3.62. The summed E-state index contributed by atoms with van der Waals surface area (Å²) in [5.41, 5.74) is 2.90. The fraction of sp³-hybridized carbons (Fsp3) is 0.444. The average Bonchev–Trinajstić information content (AvgIpc) is 3.02. The Hall–Kier alpha value is -1.72. The highest BCUT2D eigenvalue weighted by molar-refractivity contribution is 7.09. The van der Waals surface area contributed by atoms with E-state index in [2.05, 4.69) is 10.4 Å². The number of rotatable bonds is 4. The number of carbonyl (C=O) groups excluding carboxylic acids is 1. The third-order valence-electron chi connectivity index (χ3n) is 4.21. The molecule has 0 N–H and O–H groups in total. The minimum atomic E-state index is 0.118. The van der Waals surface area contributed by atoms with Crippen molar-refractivity contribution in [1.29, 1.82) is 0 Å². The SMILES string of the molecule is COCc1ccc(C(=O)N2CCC[C@@H](c3nc(C)cs3)C2)cc1. The molecule has 5 heteroatoms. The van der Waals surface area contributed by atoms with Crippen LogP contribution in [-0.4, -0.2) is 36.0 Å². The van der Waals surface area contributed by atoms with Crippen LogP contribution >= 0.6 is 11.3 Å². The summed E-state index contributed by atoms with van der Waals surface area (Å²) < 4.78 is 5.11. The zero-order chi connectivity index (χ0) is 16.2. The van der Waals surface area contributed by atoms with E-state index in [0.29, 0.717) is 12.5 Å². The number of amides is 1. The Bertz CT molecular complexity index is 666. The van der Waals surface area contributed by atoms with Crippen molar-refractivity contribution in [3.8, 4) is 0 Å². The number of hydrogen-bond donors (Lipinski definition) is 0. The maximum absolute atomic E-state index is 12.7. The van der Waals surface area contributed by atoms with Crippen LogP contribution in [-0.2, 0) is 11.3 Å². The number of benzene rings is 1. The molecule has 1 aliphatic rings. The molecule has 122 valence electrons. The number of thiazole rings is 1. The number of aromatic nitrogens is 1. The van der Waals surface area contributed by atoms with Crippen LogP contribution in [0.5, 0.6) is 0 Å². The highest BCUT2D eigenvalue weighted by Gasteiger charge is 2.27. The molecule has 1 fully saturated rings. The Morgan fingerprint density at radius 3 is 2.83 bits per heavy atom. The van der Waals surface area contributed by atoms with Crippen LogP contribution in [0.25, 0.3) is 0 Å². The third kappa shape index (κ3) is 3.79. The van der Waals surface area contributed by atoms with Crippen molar-refractivity contribution in [3.05, 3.63) is 51.5 Å². The molecule has 2 aromatic rings. The number of ether oxygens (including phenoxy) is 1. The van der Waals surface area contributed by atoms with Gasteiger partial charge in [0.15, 0.2) is 0 Å². The van der Waals surface area contributed by atoms with Gasteiger partial charge in [0, 0.05) is 42.8 Å². The van der Waals surface area contributed by atoms with Gasteiger partial charge >= 0.3 is 0 Å². The predicted molar refractivity (Wildman–Crippen MR) is 91.9 cm³/mol. The summed E-state index contributed by atoms with van der Waals surface area (Å²) >= 11 is 1.71. The summed E-state index contributed by atoms with van der Waals surface area (Å²) in [5, 5.41) is 3.25. The van der Waals surface area contributed by atoms with Gasteiger partial charge in [0.25, 0.3) is 5.91 Å². The van der Waals surface area contributed by atoms with Crippen molar-refractivity contribution < 1.29 is 9.53 Å². The van der Waals surface area contributed by atoms with Crippen molar-refractivity contribution >= 4 is 17.2 Å². The van der Waals surface area contributed by atoms with E-state index in [1.165, 1.54) is 0 Å². The number of hydrogen-bond acceptors (Lipinski definition) is 4. The molecule has 1 saturated heterocycles. The molecule has 23 heavy (non-hydrogen) atoms. The number of aryl methyl sites for hydroxylation is 1. The second-order valence-electron chi connectivity index (χ2n) is 6.05. The molecule has 1 amide bonds. The number of likely N-dealkylation sites (tertiary alicyclic amines) is 1. The second kappa shape index (κ2) is 7.23. The third-order valence-corrected chi connectivity index (χ3v) is 5.33. The van der Waals surface area contributed by atoms with Crippen LogP contribution in [0.15, 0.2) is 29.6 Å². The van der Waals surface area contributed by atoms with Crippen LogP contribution < -0.4 is 0 Å². The smallest absolute Gasteiger partial charge is 0.253 e. The van der Waals surface area contributed by atoms with Crippen molar-refractivity contribution in [3.63, 3.8) is 0 Å². The molecule has 0 spiro atoms. The maximum atomic E-state index is 12.7. The Kier molecular flexibility index (Phi) is 5.08. The van der Waals surface area contributed by atoms with Gasteiger partial charge in [0.05, 0.1) is 11.6 Å². The lowest BCUT2D eigenvalue weighted by atomic mass is 9.98. The minimum Gasteiger partial charge on any atom is -0.380 e. The van der Waals surface area contributed by atoms with Crippen molar-refractivity contribution in [2.45, 2.75) is 32.3 Å². The van der Waals surface area contributed by atoms with Gasteiger partial charge in [-0.25, -0.2) is 4.98 Å². The first-order valence-corrected chi connectivity index (χ1v) is 8.84. The largest absolute Gasteiger partial charge is 0.380 e. The van der Waals surface area contributed by atoms with E-state index in [4.69, 9.17) is 4.74 Å². The number of piperidine rings is 1. The zero-order valence-corrected chi connectivity index (χ0v) is 14.4. The van der Waals surface area contributed by atoms with E-state index in [1.807, 2.05) is 36.1 Å². The van der Waals surface area contributed by atoms with Crippen molar-refractivity contribution in [1.82, 2.24) is 9.88 Å². The Morgan fingerprint density at radius 1 is 1.39 bits per heavy atom. The topological polar surface area (TPSA) is 42.4 Å². The average molecular weight is 330 g/mol. The summed E-state index contributed by atoms with van der Waals surface area (Å²) in [6, 6.07) is 7.71. The molecule has 4 nitrogen and oxygen atoms in total. The summed E-state index contributed by atoms with van der Waals surface area (Å²) in [5.74, 6) is 0.492. The Balaban J connectivity index is 1.69. The molecule has 0 bridgehead atoms. The van der Waals surface area contributed by atoms with Gasteiger partial charge in [0.2, 0.25) is 0 Å². The molecular weight excluding hydrogens is 308 g/mol. The van der Waals surface area contributed by atoms with Crippen molar-refractivity contribution in [2.24, 2.45) is 0 Å². The summed E-state index contributed by atoms with van der Waals surface area (Å²) in [7, 11) is 1.67.